The zero-order valence-electron chi connectivity index (χ0n) is 31.5. The summed E-state index contributed by atoms with van der Waals surface area (Å²) >= 11 is 4.87. The first kappa shape index (κ1) is 41.0. The van der Waals surface area contributed by atoms with Gasteiger partial charge >= 0.3 is 23.9 Å². The second-order valence-electron chi connectivity index (χ2n) is 16.2. The number of esters is 4. The highest BCUT2D eigenvalue weighted by atomic mass is 32.1. The number of aliphatic hydroxyl groups is 1. The zero-order valence-corrected chi connectivity index (χ0v) is 33.4. The standard InChI is InChI=1S/C35H53NO13SSi/c1-16-22(47-31(42)26(49-51(10,11)12)17(2)36-18(3)37)14-35(43)30(46-20(5)39)28-33(9,24(50)13-23-34(28,15-44-23)48-21(6)40)29(41)27(45-19(4)38)25(16)32(35,7)8/h17,22-24,26-28,30,43,50H,13-15H2,1-12H3,(H,36,37)/t17-,22-,23+,24+,26+,27+,28-,30-,33+,34-,35?/m0/s1. The largest absolute Gasteiger partial charge is 0.459 e. The predicted octanol–water partition coefficient (Wildman–Crippen LogP) is 2.59. The Morgan fingerprint density at radius 1 is 0.980 bits per heavy atom. The van der Waals surface area contributed by atoms with Gasteiger partial charge in [-0.05, 0) is 51.1 Å². The van der Waals surface area contributed by atoms with Gasteiger partial charge in [0.15, 0.2) is 31.9 Å². The maximum Gasteiger partial charge on any atom is 0.336 e. The van der Waals surface area contributed by atoms with E-state index in [4.69, 9.17) is 40.7 Å². The van der Waals surface area contributed by atoms with Gasteiger partial charge in [0.1, 0.15) is 23.9 Å². The molecule has 51 heavy (non-hydrogen) atoms. The van der Waals surface area contributed by atoms with Crippen molar-refractivity contribution in [1.82, 2.24) is 5.32 Å². The number of hydrogen-bond donors (Lipinski definition) is 3. The van der Waals surface area contributed by atoms with Crippen LogP contribution in [-0.2, 0) is 56.9 Å². The zero-order chi connectivity index (χ0) is 38.8. The normalized spacial score (nSPS) is 36.8. The van der Waals surface area contributed by atoms with E-state index in [1.165, 1.54) is 13.8 Å². The van der Waals surface area contributed by atoms with E-state index in [-0.39, 0.29) is 25.0 Å². The molecule has 3 fully saturated rings. The first-order valence-corrected chi connectivity index (χ1v) is 21.1. The average Bonchev–Trinajstić information content (AvgIpc) is 2.96. The van der Waals surface area contributed by atoms with E-state index < -0.39 is 114 Å². The van der Waals surface area contributed by atoms with E-state index >= 15 is 4.79 Å². The first-order chi connectivity index (χ1) is 23.2. The molecule has 0 aromatic rings. The highest BCUT2D eigenvalue weighted by Crippen LogP contribution is 2.65. The van der Waals surface area contributed by atoms with Gasteiger partial charge in [-0.2, -0.15) is 12.6 Å². The molecule has 0 aromatic heterocycles. The number of rotatable bonds is 9. The fourth-order valence-corrected chi connectivity index (χ4v) is 10.3. The average molecular weight is 756 g/mol. The summed E-state index contributed by atoms with van der Waals surface area (Å²) in [5, 5.41) is 15.2. The molecule has 286 valence electrons. The van der Waals surface area contributed by atoms with E-state index in [1.807, 2.05) is 19.6 Å². The minimum absolute atomic E-state index is 0.153. The lowest BCUT2D eigenvalue weighted by molar-refractivity contribution is -0.332. The highest BCUT2D eigenvalue weighted by molar-refractivity contribution is 7.81. The Kier molecular flexibility index (Phi) is 11.2. The summed E-state index contributed by atoms with van der Waals surface area (Å²) in [4.78, 5) is 79.8. The maximum absolute atomic E-state index is 15.2. The molecule has 1 aliphatic heterocycles. The Morgan fingerprint density at radius 3 is 2.04 bits per heavy atom. The third kappa shape index (κ3) is 7.02. The van der Waals surface area contributed by atoms with Crippen molar-refractivity contribution in [1.29, 1.82) is 0 Å². The number of carbonyl (C=O) groups is 6. The Balaban J connectivity index is 2.02. The molecule has 4 rings (SSSR count). The van der Waals surface area contributed by atoms with E-state index in [0.717, 1.165) is 13.8 Å². The van der Waals surface area contributed by atoms with Gasteiger partial charge in [-0.25, -0.2) is 4.79 Å². The Hall–Kier alpha value is -2.79. The molecule has 16 heteroatoms. The SMILES string of the molecule is CC(=O)N[C@@H](C)[C@@H](O[Si](C)(C)C)C(=O)O[C@H]1CC2(O)[C@@H](OC(C)=O)[C@@H]3[C@]4(OC(C)=O)CO[C@@H]4C[C@@H](S)[C@@]3(C)C(=O)[C@H](OC(C)=O)C(=C1C)C2(C)C. The van der Waals surface area contributed by atoms with Crippen LogP contribution in [0.4, 0.5) is 0 Å². The fourth-order valence-electron chi connectivity index (χ4n) is 8.78. The lowest BCUT2D eigenvalue weighted by atomic mass is 9.45. The molecule has 2 N–H and O–H groups in total. The third-order valence-corrected chi connectivity index (χ3v) is 12.8. The molecular weight excluding hydrogens is 703 g/mol. The number of amides is 1. The summed E-state index contributed by atoms with van der Waals surface area (Å²) in [6.07, 6.45) is -6.63. The molecule has 1 amide bonds. The van der Waals surface area contributed by atoms with Crippen LogP contribution in [0.25, 0.3) is 0 Å². The number of Topliss-reactive ketones (excluding diaryl/α,β-unsaturated/α-hetero) is 1. The summed E-state index contributed by atoms with van der Waals surface area (Å²) < 4.78 is 36.2. The Labute approximate surface area is 305 Å². The van der Waals surface area contributed by atoms with Crippen LogP contribution in [0, 0.1) is 16.7 Å². The van der Waals surface area contributed by atoms with E-state index in [0.29, 0.717) is 5.57 Å². The second-order valence-corrected chi connectivity index (χ2v) is 21.2. The van der Waals surface area contributed by atoms with Crippen molar-refractivity contribution in [3.63, 3.8) is 0 Å². The van der Waals surface area contributed by atoms with Crippen molar-refractivity contribution in [2.75, 3.05) is 6.61 Å². The van der Waals surface area contributed by atoms with Crippen molar-refractivity contribution >= 4 is 56.5 Å². The molecule has 3 aliphatic carbocycles. The van der Waals surface area contributed by atoms with Crippen molar-refractivity contribution < 1.29 is 62.0 Å². The second kappa shape index (κ2) is 13.9. The van der Waals surface area contributed by atoms with Crippen molar-refractivity contribution in [3.05, 3.63) is 11.1 Å². The molecule has 1 heterocycles. The predicted molar refractivity (Wildman–Crippen MR) is 187 cm³/mol. The number of hydrogen-bond acceptors (Lipinski definition) is 14. The van der Waals surface area contributed by atoms with Crippen LogP contribution in [0.2, 0.25) is 19.6 Å². The smallest absolute Gasteiger partial charge is 0.336 e. The first-order valence-electron chi connectivity index (χ1n) is 17.2. The molecule has 0 spiro atoms. The topological polar surface area (TPSA) is 190 Å². The lowest BCUT2D eigenvalue weighted by Crippen LogP contribution is -2.81. The van der Waals surface area contributed by atoms with Crippen LogP contribution in [0.15, 0.2) is 11.1 Å². The van der Waals surface area contributed by atoms with Gasteiger partial charge in [-0.1, -0.05) is 20.8 Å². The van der Waals surface area contributed by atoms with Gasteiger partial charge in [0.25, 0.3) is 0 Å². The molecule has 11 atom stereocenters. The van der Waals surface area contributed by atoms with Crippen LogP contribution < -0.4 is 5.32 Å². The molecule has 1 unspecified atom stereocenters. The van der Waals surface area contributed by atoms with Crippen LogP contribution in [0.5, 0.6) is 0 Å². The van der Waals surface area contributed by atoms with Crippen LogP contribution in [-0.4, -0.2) is 109 Å². The van der Waals surface area contributed by atoms with Gasteiger partial charge < -0.3 is 38.5 Å². The number of thiol groups is 1. The molecule has 4 aliphatic rings. The molecule has 0 aromatic carbocycles. The lowest BCUT2D eigenvalue weighted by Gasteiger charge is -2.67. The summed E-state index contributed by atoms with van der Waals surface area (Å²) in [6.45, 7) is 18.4. The number of ether oxygens (including phenoxy) is 5. The number of fused-ring (bicyclic) bond motifs is 5. The van der Waals surface area contributed by atoms with Crippen molar-refractivity contribution in [2.45, 2.75) is 148 Å². The number of nitrogens with one attached hydrogen (secondary N) is 1. The van der Waals surface area contributed by atoms with Gasteiger partial charge in [0.05, 0.1) is 24.0 Å². The van der Waals surface area contributed by atoms with Gasteiger partial charge in [-0.15, -0.1) is 0 Å². The Bertz CT molecular complexity index is 1520. The van der Waals surface area contributed by atoms with E-state index in [9.17, 15) is 29.1 Å². The van der Waals surface area contributed by atoms with Gasteiger partial charge in [0, 0.05) is 44.8 Å². The highest BCUT2D eigenvalue weighted by Gasteiger charge is 2.78. The van der Waals surface area contributed by atoms with Gasteiger partial charge in [-0.3, -0.25) is 24.0 Å². The van der Waals surface area contributed by atoms with E-state index in [2.05, 4.69) is 5.32 Å². The molecule has 14 nitrogen and oxygen atoms in total. The fraction of sp³-hybridized carbons (Fsp3) is 0.771. The maximum atomic E-state index is 15.2. The number of carbonyl (C=O) groups excluding carboxylic acids is 6. The Morgan fingerprint density at radius 2 is 1.57 bits per heavy atom. The molecule has 2 saturated carbocycles. The monoisotopic (exact) mass is 755 g/mol. The van der Waals surface area contributed by atoms with Crippen LogP contribution in [0.1, 0.15) is 75.2 Å². The molecule has 1 saturated heterocycles. The minimum Gasteiger partial charge on any atom is -0.459 e. The van der Waals surface area contributed by atoms with Crippen molar-refractivity contribution in [2.24, 2.45) is 16.7 Å². The third-order valence-electron chi connectivity index (χ3n) is 11.1. The molecular formula is C35H53NO13SSi. The summed E-state index contributed by atoms with van der Waals surface area (Å²) in [5.74, 6) is -5.38. The van der Waals surface area contributed by atoms with Crippen molar-refractivity contribution in [3.8, 4) is 0 Å². The summed E-state index contributed by atoms with van der Waals surface area (Å²) in [5.41, 5.74) is -6.32. The molecule has 2 bridgehead atoms. The minimum atomic E-state index is -2.42. The number of ketones is 1. The quantitative estimate of drug-likeness (QED) is 0.103. The van der Waals surface area contributed by atoms with Crippen LogP contribution >= 0.6 is 12.6 Å². The summed E-state index contributed by atoms with van der Waals surface area (Å²) in [7, 11) is -2.42. The summed E-state index contributed by atoms with van der Waals surface area (Å²) in [6, 6.07) is -0.804. The van der Waals surface area contributed by atoms with Gasteiger partial charge in [0.2, 0.25) is 5.91 Å². The van der Waals surface area contributed by atoms with E-state index in [1.54, 1.807) is 34.6 Å². The molecule has 0 radical (unpaired) electrons. The van der Waals surface area contributed by atoms with Crippen LogP contribution in [0.3, 0.4) is 0 Å².